The number of fused-ring (bicyclic) bond motifs is 1. The summed E-state index contributed by atoms with van der Waals surface area (Å²) in [5.74, 6) is -0.241. The highest BCUT2D eigenvalue weighted by Crippen LogP contribution is 2.36. The van der Waals surface area contributed by atoms with Crippen LogP contribution in [0.2, 0.25) is 0 Å². The molecule has 0 aliphatic carbocycles. The van der Waals surface area contributed by atoms with Crippen molar-refractivity contribution >= 4 is 35.0 Å². The molecule has 0 bridgehead atoms. The molecule has 1 fully saturated rings. The van der Waals surface area contributed by atoms with E-state index in [2.05, 4.69) is 10.6 Å². The van der Waals surface area contributed by atoms with E-state index in [-0.39, 0.29) is 36.5 Å². The van der Waals surface area contributed by atoms with E-state index in [4.69, 9.17) is 4.74 Å². The Balaban J connectivity index is 1.34. The zero-order valence-electron chi connectivity index (χ0n) is 18.6. The molecule has 4 amide bonds. The van der Waals surface area contributed by atoms with E-state index >= 15 is 0 Å². The van der Waals surface area contributed by atoms with Crippen molar-refractivity contribution in [1.82, 2.24) is 5.32 Å². The number of piperidine rings is 1. The van der Waals surface area contributed by atoms with Gasteiger partial charge in [-0.25, -0.2) is 0 Å². The fourth-order valence-electron chi connectivity index (χ4n) is 4.45. The van der Waals surface area contributed by atoms with Crippen molar-refractivity contribution < 1.29 is 23.9 Å². The lowest BCUT2D eigenvalue weighted by atomic mass is 9.72. The first kappa shape index (κ1) is 22.5. The molecule has 1 unspecified atom stereocenters. The van der Waals surface area contributed by atoms with Crippen molar-refractivity contribution in [2.24, 2.45) is 0 Å². The number of carbonyl (C=O) groups excluding carboxylic acids is 4. The molecule has 0 radical (unpaired) electrons. The van der Waals surface area contributed by atoms with Crippen LogP contribution in [0.3, 0.4) is 0 Å². The fraction of sp³-hybridized carbons (Fsp3) is 0.360. The minimum atomic E-state index is -0.739. The standard InChI is InChI=1S/C25H27N3O5/c1-2-25(14-13-22(30)27-24(25)32)17-7-9-18(10-8-17)26-21(29)11-12-23(31)28-15-16-33-20-6-4-3-5-19(20)28/h3-10H,2,11-16H2,1H3,(H,26,29)(H,27,30,32). The number of rotatable bonds is 6. The molecule has 1 atom stereocenters. The number of para-hydroxylation sites is 2. The summed E-state index contributed by atoms with van der Waals surface area (Å²) in [5.41, 5.74) is 1.39. The third-order valence-electron chi connectivity index (χ3n) is 6.39. The van der Waals surface area contributed by atoms with Crippen molar-refractivity contribution in [2.45, 2.75) is 44.4 Å². The highest BCUT2D eigenvalue weighted by molar-refractivity contribution is 6.03. The van der Waals surface area contributed by atoms with E-state index < -0.39 is 5.41 Å². The Kier molecular flexibility index (Phi) is 6.44. The number of benzene rings is 2. The quantitative estimate of drug-likeness (QED) is 0.660. The summed E-state index contributed by atoms with van der Waals surface area (Å²) in [6, 6.07) is 14.5. The van der Waals surface area contributed by atoms with Crippen LogP contribution in [0.5, 0.6) is 5.75 Å². The number of nitrogens with one attached hydrogen (secondary N) is 2. The van der Waals surface area contributed by atoms with Gasteiger partial charge in [0.2, 0.25) is 23.6 Å². The number of nitrogens with zero attached hydrogens (tertiary/aromatic N) is 1. The van der Waals surface area contributed by atoms with E-state index in [1.165, 1.54) is 0 Å². The van der Waals surface area contributed by atoms with Crippen molar-refractivity contribution in [3.8, 4) is 5.75 Å². The summed E-state index contributed by atoms with van der Waals surface area (Å²) in [6.45, 7) is 2.80. The largest absolute Gasteiger partial charge is 0.490 e. The Morgan fingerprint density at radius 3 is 2.58 bits per heavy atom. The van der Waals surface area contributed by atoms with E-state index in [0.717, 1.165) is 11.3 Å². The fourth-order valence-corrected chi connectivity index (χ4v) is 4.45. The second-order valence-electron chi connectivity index (χ2n) is 8.30. The molecule has 2 aliphatic heterocycles. The summed E-state index contributed by atoms with van der Waals surface area (Å²) >= 11 is 0. The molecular weight excluding hydrogens is 422 g/mol. The summed E-state index contributed by atoms with van der Waals surface area (Å²) in [4.78, 5) is 50.9. The van der Waals surface area contributed by atoms with Gasteiger partial charge in [-0.2, -0.15) is 0 Å². The van der Waals surface area contributed by atoms with Crippen LogP contribution < -0.4 is 20.3 Å². The van der Waals surface area contributed by atoms with E-state index in [1.807, 2.05) is 43.3 Å². The van der Waals surface area contributed by atoms with Gasteiger partial charge in [0.1, 0.15) is 12.4 Å². The summed E-state index contributed by atoms with van der Waals surface area (Å²) in [7, 11) is 0. The Bertz CT molecular complexity index is 1080. The summed E-state index contributed by atoms with van der Waals surface area (Å²) in [5, 5.41) is 5.24. The average Bonchev–Trinajstić information content (AvgIpc) is 2.83. The molecule has 4 rings (SSSR count). The Morgan fingerprint density at radius 1 is 1.09 bits per heavy atom. The monoisotopic (exact) mass is 449 g/mol. The van der Waals surface area contributed by atoms with E-state index in [9.17, 15) is 19.2 Å². The Labute approximate surface area is 192 Å². The average molecular weight is 450 g/mol. The number of hydrogen-bond donors (Lipinski definition) is 2. The molecular formula is C25H27N3O5. The first-order valence-electron chi connectivity index (χ1n) is 11.2. The third kappa shape index (κ3) is 4.60. The van der Waals surface area contributed by atoms with Gasteiger partial charge in [-0.05, 0) is 42.7 Å². The summed E-state index contributed by atoms with van der Waals surface area (Å²) < 4.78 is 5.57. The lowest BCUT2D eigenvalue weighted by molar-refractivity contribution is -0.138. The molecule has 2 heterocycles. The predicted molar refractivity (Wildman–Crippen MR) is 123 cm³/mol. The maximum Gasteiger partial charge on any atom is 0.237 e. The van der Waals surface area contributed by atoms with Gasteiger partial charge in [-0.15, -0.1) is 0 Å². The van der Waals surface area contributed by atoms with Gasteiger partial charge in [-0.1, -0.05) is 31.2 Å². The molecule has 8 heteroatoms. The lowest BCUT2D eigenvalue weighted by Gasteiger charge is -2.35. The predicted octanol–water partition coefficient (Wildman–Crippen LogP) is 2.92. The molecule has 2 aliphatic rings. The van der Waals surface area contributed by atoms with Crippen LogP contribution in [0.25, 0.3) is 0 Å². The van der Waals surface area contributed by atoms with Gasteiger partial charge in [-0.3, -0.25) is 24.5 Å². The van der Waals surface area contributed by atoms with Crippen LogP contribution >= 0.6 is 0 Å². The van der Waals surface area contributed by atoms with E-state index in [1.54, 1.807) is 17.0 Å². The van der Waals surface area contributed by atoms with Gasteiger partial charge in [0.25, 0.3) is 0 Å². The molecule has 1 saturated heterocycles. The highest BCUT2D eigenvalue weighted by Gasteiger charge is 2.42. The van der Waals surface area contributed by atoms with Gasteiger partial charge >= 0.3 is 0 Å². The second-order valence-corrected chi connectivity index (χ2v) is 8.30. The van der Waals surface area contributed by atoms with Crippen molar-refractivity contribution in [3.63, 3.8) is 0 Å². The second kappa shape index (κ2) is 9.44. The number of ether oxygens (including phenoxy) is 1. The Morgan fingerprint density at radius 2 is 1.85 bits per heavy atom. The zero-order valence-corrected chi connectivity index (χ0v) is 18.6. The molecule has 33 heavy (non-hydrogen) atoms. The van der Waals surface area contributed by atoms with Crippen LogP contribution in [-0.4, -0.2) is 36.8 Å². The Hall–Kier alpha value is -3.68. The summed E-state index contributed by atoms with van der Waals surface area (Å²) in [6.07, 6.45) is 1.49. The smallest absolute Gasteiger partial charge is 0.237 e. The van der Waals surface area contributed by atoms with Crippen LogP contribution in [0.1, 0.15) is 44.6 Å². The number of amides is 4. The topological polar surface area (TPSA) is 105 Å². The molecule has 0 aromatic heterocycles. The molecule has 8 nitrogen and oxygen atoms in total. The SMILES string of the molecule is CCC1(c2ccc(NC(=O)CCC(=O)N3CCOc4ccccc43)cc2)CCC(=O)NC1=O. The van der Waals surface area contributed by atoms with Crippen molar-refractivity contribution in [2.75, 3.05) is 23.4 Å². The van der Waals surface area contributed by atoms with Crippen LogP contribution in [-0.2, 0) is 24.6 Å². The maximum absolute atomic E-state index is 12.7. The first-order valence-corrected chi connectivity index (χ1v) is 11.2. The molecule has 172 valence electrons. The highest BCUT2D eigenvalue weighted by atomic mass is 16.5. The van der Waals surface area contributed by atoms with E-state index in [0.29, 0.717) is 43.9 Å². The van der Waals surface area contributed by atoms with Gasteiger partial charge in [0.15, 0.2) is 0 Å². The lowest BCUT2D eigenvalue weighted by Crippen LogP contribution is -2.51. The van der Waals surface area contributed by atoms with Crippen LogP contribution in [0.4, 0.5) is 11.4 Å². The molecule has 2 aromatic carbocycles. The first-order chi connectivity index (χ1) is 15.9. The van der Waals surface area contributed by atoms with Gasteiger partial charge in [0.05, 0.1) is 17.6 Å². The number of anilines is 2. The number of hydrogen-bond acceptors (Lipinski definition) is 5. The molecule has 0 spiro atoms. The van der Waals surface area contributed by atoms with Crippen molar-refractivity contribution in [1.29, 1.82) is 0 Å². The van der Waals surface area contributed by atoms with Crippen molar-refractivity contribution in [3.05, 3.63) is 54.1 Å². The zero-order chi connectivity index (χ0) is 23.4. The number of imide groups is 1. The van der Waals surface area contributed by atoms with Crippen LogP contribution in [0.15, 0.2) is 48.5 Å². The van der Waals surface area contributed by atoms with Crippen LogP contribution in [0, 0.1) is 0 Å². The number of carbonyl (C=O) groups is 4. The third-order valence-corrected chi connectivity index (χ3v) is 6.39. The maximum atomic E-state index is 12.7. The molecule has 0 saturated carbocycles. The van der Waals surface area contributed by atoms with Gasteiger partial charge in [0, 0.05) is 24.9 Å². The minimum absolute atomic E-state index is 0.0591. The minimum Gasteiger partial charge on any atom is -0.490 e. The normalized spacial score (nSPS) is 19.8. The molecule has 2 N–H and O–H groups in total. The molecule has 2 aromatic rings. The van der Waals surface area contributed by atoms with Gasteiger partial charge < -0.3 is 15.0 Å².